The summed E-state index contributed by atoms with van der Waals surface area (Å²) in [7, 11) is 0. The zero-order chi connectivity index (χ0) is 31.1. The summed E-state index contributed by atoms with van der Waals surface area (Å²) < 4.78 is 25.8. The Kier molecular flexibility index (Phi) is 15.9. The Morgan fingerprint density at radius 1 is 0.951 bits per heavy atom. The highest BCUT2D eigenvalue weighted by molar-refractivity contribution is 5.63. The maximum atomic E-state index is 13.0. The van der Waals surface area contributed by atoms with E-state index in [0.29, 0.717) is 12.0 Å². The molecule has 0 radical (unpaired) electrons. The van der Waals surface area contributed by atoms with Crippen molar-refractivity contribution in [3.8, 4) is 0 Å². The summed E-state index contributed by atoms with van der Waals surface area (Å²) in [6, 6.07) is 12.8. The van der Waals surface area contributed by atoms with Crippen molar-refractivity contribution in [1.82, 2.24) is 0 Å². The quantitative estimate of drug-likeness (QED) is 0.212. The summed E-state index contributed by atoms with van der Waals surface area (Å²) >= 11 is 0. The Labute approximate surface area is 250 Å². The van der Waals surface area contributed by atoms with E-state index >= 15 is 0 Å². The Morgan fingerprint density at radius 3 is 2.10 bits per heavy atom. The molecule has 2 heteroatoms. The third-order valence-electron chi connectivity index (χ3n) is 7.26. The van der Waals surface area contributed by atoms with Gasteiger partial charge < -0.3 is 0 Å². The fourth-order valence-corrected chi connectivity index (χ4v) is 4.19. The van der Waals surface area contributed by atoms with E-state index in [4.69, 9.17) is 0 Å². The molecule has 41 heavy (non-hydrogen) atoms. The van der Waals surface area contributed by atoms with Crippen LogP contribution in [0.1, 0.15) is 97.8 Å². The molecular formula is C39H52F2. The molecule has 0 aromatic heterocycles. The van der Waals surface area contributed by atoms with Crippen LogP contribution >= 0.6 is 0 Å². The molecule has 1 aliphatic carbocycles. The summed E-state index contributed by atoms with van der Waals surface area (Å²) in [4.78, 5) is 0. The number of benzene rings is 2. The Balaban J connectivity index is 0.000000316. The molecule has 0 heterocycles. The average Bonchev–Trinajstić information content (AvgIpc) is 3.78. The van der Waals surface area contributed by atoms with Gasteiger partial charge in [0, 0.05) is 0 Å². The van der Waals surface area contributed by atoms with Crippen molar-refractivity contribution in [1.29, 1.82) is 0 Å². The minimum Gasteiger partial charge on any atom is -0.204 e. The highest BCUT2D eigenvalue weighted by Crippen LogP contribution is 2.38. The number of allylic oxidation sites excluding steroid dienone is 10. The van der Waals surface area contributed by atoms with Gasteiger partial charge in [-0.2, -0.15) is 0 Å². The first-order valence-corrected chi connectivity index (χ1v) is 14.8. The van der Waals surface area contributed by atoms with E-state index in [1.54, 1.807) is 11.6 Å². The molecule has 2 aromatic rings. The van der Waals surface area contributed by atoms with Crippen LogP contribution in [-0.4, -0.2) is 0 Å². The van der Waals surface area contributed by atoms with Gasteiger partial charge in [-0.1, -0.05) is 103 Å². The molecule has 1 saturated carbocycles. The second-order valence-electron chi connectivity index (χ2n) is 11.4. The molecule has 3 rings (SSSR count). The molecule has 0 aliphatic heterocycles. The maximum absolute atomic E-state index is 13.0. The summed E-state index contributed by atoms with van der Waals surface area (Å²) in [5, 5.41) is 0. The third-order valence-corrected chi connectivity index (χ3v) is 7.26. The van der Waals surface area contributed by atoms with Crippen molar-refractivity contribution in [3.05, 3.63) is 136 Å². The van der Waals surface area contributed by atoms with Gasteiger partial charge in [0.05, 0.1) is 0 Å². The van der Waals surface area contributed by atoms with Crippen LogP contribution in [-0.2, 0) is 6.42 Å². The first kappa shape index (κ1) is 35.8. The Morgan fingerprint density at radius 2 is 1.59 bits per heavy atom. The van der Waals surface area contributed by atoms with Gasteiger partial charge >= 0.3 is 0 Å². The normalized spacial score (nSPS) is 13.6. The fourth-order valence-electron chi connectivity index (χ4n) is 4.19. The van der Waals surface area contributed by atoms with Gasteiger partial charge in [-0.05, 0) is 127 Å². The van der Waals surface area contributed by atoms with Crippen LogP contribution < -0.4 is 0 Å². The summed E-state index contributed by atoms with van der Waals surface area (Å²) in [6.45, 7) is 27.0. The molecule has 0 amide bonds. The highest BCUT2D eigenvalue weighted by atomic mass is 19.2. The molecule has 0 nitrogen and oxygen atoms in total. The molecule has 0 bridgehead atoms. The second kappa shape index (κ2) is 18.2. The van der Waals surface area contributed by atoms with E-state index in [-0.39, 0.29) is 0 Å². The van der Waals surface area contributed by atoms with E-state index in [9.17, 15) is 8.78 Å². The van der Waals surface area contributed by atoms with E-state index in [1.807, 2.05) is 26.8 Å². The highest BCUT2D eigenvalue weighted by Gasteiger charge is 2.24. The van der Waals surface area contributed by atoms with Gasteiger partial charge in [0.15, 0.2) is 11.6 Å². The lowest BCUT2D eigenvalue weighted by molar-refractivity contribution is 0.501. The van der Waals surface area contributed by atoms with Gasteiger partial charge in [-0.25, -0.2) is 8.78 Å². The van der Waals surface area contributed by atoms with E-state index in [2.05, 4.69) is 91.1 Å². The first-order chi connectivity index (χ1) is 19.3. The molecule has 0 saturated heterocycles. The number of aryl methyl sites for hydroxylation is 1. The van der Waals surface area contributed by atoms with Crippen molar-refractivity contribution < 1.29 is 8.78 Å². The van der Waals surface area contributed by atoms with Crippen LogP contribution in [0.3, 0.4) is 0 Å². The van der Waals surface area contributed by atoms with Crippen LogP contribution in [0.25, 0.3) is 5.57 Å². The predicted molar refractivity (Wildman–Crippen MR) is 178 cm³/mol. The topological polar surface area (TPSA) is 0 Å². The SMILES string of the molecule is C/C=C(\C)c1cccc(C)c1.C=C(C)C(=C)C/C(C)=C/C(CC)=C(/C)C1CC1.CC(C)=CCc1cccc(F)c1F. The van der Waals surface area contributed by atoms with Crippen LogP contribution in [0.5, 0.6) is 0 Å². The molecule has 1 fully saturated rings. The minimum absolute atomic E-state index is 0.404. The number of hydrogen-bond donors (Lipinski definition) is 0. The summed E-state index contributed by atoms with van der Waals surface area (Å²) in [5.74, 6) is -0.641. The number of halogens is 2. The van der Waals surface area contributed by atoms with Crippen molar-refractivity contribution in [2.75, 3.05) is 0 Å². The van der Waals surface area contributed by atoms with E-state index in [1.165, 1.54) is 46.8 Å². The van der Waals surface area contributed by atoms with E-state index in [0.717, 1.165) is 41.5 Å². The molecule has 0 spiro atoms. The van der Waals surface area contributed by atoms with Gasteiger partial charge in [-0.15, -0.1) is 0 Å². The number of hydrogen-bond acceptors (Lipinski definition) is 0. The predicted octanol–water partition coefficient (Wildman–Crippen LogP) is 12.5. The van der Waals surface area contributed by atoms with Gasteiger partial charge in [0.2, 0.25) is 0 Å². The van der Waals surface area contributed by atoms with E-state index < -0.39 is 11.6 Å². The largest absolute Gasteiger partial charge is 0.204 e. The lowest BCUT2D eigenvalue weighted by atomic mass is 9.97. The van der Waals surface area contributed by atoms with Gasteiger partial charge in [-0.3, -0.25) is 0 Å². The van der Waals surface area contributed by atoms with Gasteiger partial charge in [0.25, 0.3) is 0 Å². The molecule has 1 aliphatic rings. The van der Waals surface area contributed by atoms with Crippen molar-refractivity contribution >= 4 is 5.57 Å². The fraction of sp³-hybridized carbons (Fsp3) is 0.385. The van der Waals surface area contributed by atoms with Crippen LogP contribution in [0, 0.1) is 24.5 Å². The maximum Gasteiger partial charge on any atom is 0.162 e. The van der Waals surface area contributed by atoms with Gasteiger partial charge in [0.1, 0.15) is 0 Å². The zero-order valence-electron chi connectivity index (χ0n) is 27.1. The van der Waals surface area contributed by atoms with Crippen molar-refractivity contribution in [2.24, 2.45) is 5.92 Å². The zero-order valence-corrected chi connectivity index (χ0v) is 27.1. The smallest absolute Gasteiger partial charge is 0.162 e. The van der Waals surface area contributed by atoms with Crippen molar-refractivity contribution in [2.45, 2.75) is 94.4 Å². The lowest BCUT2D eigenvalue weighted by Gasteiger charge is -2.09. The molecule has 222 valence electrons. The Bertz CT molecular complexity index is 1290. The standard InChI is InChI=1S/C17H26.C11H12F2.C11H14/c1-7-16(15(6)17-8-9-17)11-13(4)10-14(5)12(2)3;1-8(2)6-7-9-4-3-5-10(12)11(9)13;1-4-10(3)11-7-5-6-9(2)8-11/h11,17H,2,5,7-10H2,1,3-4,6H3;3-6H,7H2,1-2H3;4-8H,1-3H3/b13-11+,16-15-;;10-4+. The minimum atomic E-state index is -0.778. The van der Waals surface area contributed by atoms with Crippen LogP contribution in [0.2, 0.25) is 0 Å². The monoisotopic (exact) mass is 558 g/mol. The third kappa shape index (κ3) is 13.8. The van der Waals surface area contributed by atoms with Crippen molar-refractivity contribution in [3.63, 3.8) is 0 Å². The summed E-state index contributed by atoms with van der Waals surface area (Å²) in [6.07, 6.45) is 11.7. The molecule has 0 N–H and O–H groups in total. The number of rotatable bonds is 9. The summed E-state index contributed by atoms with van der Waals surface area (Å²) in [5.41, 5.74) is 12.3. The molecule has 0 atom stereocenters. The molecule has 2 aromatic carbocycles. The molecule has 0 unspecified atom stereocenters. The Hall–Kier alpha value is -3.26. The first-order valence-electron chi connectivity index (χ1n) is 14.8. The average molecular weight is 559 g/mol. The lowest BCUT2D eigenvalue weighted by Crippen LogP contribution is -1.92. The van der Waals surface area contributed by atoms with Crippen LogP contribution in [0.4, 0.5) is 8.78 Å². The van der Waals surface area contributed by atoms with Crippen LogP contribution in [0.15, 0.2) is 107 Å². The second-order valence-corrected chi connectivity index (χ2v) is 11.4. The molecular weight excluding hydrogens is 506 g/mol.